The van der Waals surface area contributed by atoms with E-state index in [1.807, 2.05) is 0 Å². The van der Waals surface area contributed by atoms with Crippen LogP contribution in [-0.4, -0.2) is 96.7 Å². The molecule has 0 fully saturated rings. The highest BCUT2D eigenvalue weighted by atomic mass is 31.2. The SMILES string of the molecule is CCCCCCCCCCCCCCCCCCCCC(=O)O[C@H](COC(=O)CCCCCCCCCCCC)COP(=O)(O)OC[C@H](O)COP(=O)(O)OC[C@@H](COC(=O)CCCCCCCCCCCCCCCCC(C)CC)OC(=O)CCCCCCCCCCCCCCCCCCCCC(C)C. The van der Waals surface area contributed by atoms with E-state index < -0.39 is 97.5 Å². The molecule has 0 aromatic rings. The molecule has 0 heterocycles. The van der Waals surface area contributed by atoms with E-state index in [0.29, 0.717) is 25.7 Å². The molecule has 107 heavy (non-hydrogen) atoms. The van der Waals surface area contributed by atoms with E-state index in [4.69, 9.17) is 37.0 Å². The lowest BCUT2D eigenvalue weighted by Gasteiger charge is -2.21. The van der Waals surface area contributed by atoms with Gasteiger partial charge in [0.05, 0.1) is 26.4 Å². The van der Waals surface area contributed by atoms with Gasteiger partial charge in [-0.25, -0.2) is 9.13 Å². The summed E-state index contributed by atoms with van der Waals surface area (Å²) in [6.45, 7) is 9.77. The van der Waals surface area contributed by atoms with Gasteiger partial charge in [0.25, 0.3) is 0 Å². The third-order valence-corrected chi connectivity index (χ3v) is 23.0. The molecule has 0 aromatic carbocycles. The minimum atomic E-state index is -4.97. The highest BCUT2D eigenvalue weighted by molar-refractivity contribution is 7.47. The van der Waals surface area contributed by atoms with E-state index in [2.05, 4.69) is 41.5 Å². The second-order valence-electron chi connectivity index (χ2n) is 32.4. The van der Waals surface area contributed by atoms with E-state index in [1.54, 1.807) is 0 Å². The molecule has 0 saturated heterocycles. The number of ether oxygens (including phenoxy) is 4. The summed E-state index contributed by atoms with van der Waals surface area (Å²) >= 11 is 0. The predicted octanol–water partition coefficient (Wildman–Crippen LogP) is 27.0. The maximum atomic E-state index is 13.2. The van der Waals surface area contributed by atoms with Crippen LogP contribution in [0.1, 0.15) is 472 Å². The van der Waals surface area contributed by atoms with Crippen LogP contribution >= 0.6 is 15.6 Å². The molecule has 19 heteroatoms. The van der Waals surface area contributed by atoms with Crippen LogP contribution in [0, 0.1) is 11.8 Å². The van der Waals surface area contributed by atoms with Crippen molar-refractivity contribution in [1.29, 1.82) is 0 Å². The Labute approximate surface area is 658 Å². The summed E-state index contributed by atoms with van der Waals surface area (Å²) in [7, 11) is -9.93. The van der Waals surface area contributed by atoms with Gasteiger partial charge in [-0.15, -0.1) is 0 Å². The summed E-state index contributed by atoms with van der Waals surface area (Å²) < 4.78 is 69.0. The first-order valence-corrected chi connectivity index (χ1v) is 48.5. The molecule has 0 amide bonds. The lowest BCUT2D eigenvalue weighted by molar-refractivity contribution is -0.161. The van der Waals surface area contributed by atoms with Crippen LogP contribution in [0.5, 0.6) is 0 Å². The molecule has 3 N–H and O–H groups in total. The number of rotatable bonds is 87. The zero-order valence-electron chi connectivity index (χ0n) is 70.5. The number of phosphoric acid groups is 2. The second-order valence-corrected chi connectivity index (χ2v) is 35.3. The van der Waals surface area contributed by atoms with Crippen molar-refractivity contribution in [2.75, 3.05) is 39.6 Å². The van der Waals surface area contributed by atoms with Crippen molar-refractivity contribution in [3.63, 3.8) is 0 Å². The summed E-state index contributed by atoms with van der Waals surface area (Å²) in [6.07, 6.45) is 72.1. The van der Waals surface area contributed by atoms with Crippen molar-refractivity contribution in [3.8, 4) is 0 Å². The van der Waals surface area contributed by atoms with Gasteiger partial charge < -0.3 is 33.8 Å². The van der Waals surface area contributed by atoms with Gasteiger partial charge in [-0.1, -0.05) is 420 Å². The Balaban J connectivity index is 5.22. The zero-order chi connectivity index (χ0) is 78.5. The van der Waals surface area contributed by atoms with Crippen molar-refractivity contribution in [2.24, 2.45) is 11.8 Å². The number of unbranched alkanes of at least 4 members (excludes halogenated alkanes) is 56. The van der Waals surface area contributed by atoms with Gasteiger partial charge in [0, 0.05) is 25.7 Å². The third kappa shape index (κ3) is 80.5. The lowest BCUT2D eigenvalue weighted by Crippen LogP contribution is -2.30. The van der Waals surface area contributed by atoms with Crippen molar-refractivity contribution in [3.05, 3.63) is 0 Å². The second kappa shape index (κ2) is 79.3. The Bertz CT molecular complexity index is 2050. The van der Waals surface area contributed by atoms with E-state index in [-0.39, 0.29) is 25.7 Å². The standard InChI is InChI=1S/C88H172O17P2/c1-7-10-12-14-16-18-20-21-22-23-27-30-37-42-48-54-60-66-72-87(92)104-83(76-98-85(90)70-64-58-52-46-19-17-15-13-11-8-2)78-102-106(94,95)100-74-82(89)75-101-107(96,97)103-79-84(77-99-86(91)71-65-59-53-47-41-36-33-32-35-40-45-51-57-63-69-81(6)9-3)105-88(93)73-67-61-55-49-43-38-31-28-25-24-26-29-34-39-44-50-56-62-68-80(4)5/h80-84,89H,7-79H2,1-6H3,(H,94,95)(H,96,97)/t81?,82-,83+,84+/m0/s1. The molecule has 0 spiro atoms. The fraction of sp³-hybridized carbons (Fsp3) is 0.955. The largest absolute Gasteiger partial charge is 0.472 e. The Morgan fingerprint density at radius 2 is 0.477 bits per heavy atom. The van der Waals surface area contributed by atoms with Crippen LogP contribution in [0.15, 0.2) is 0 Å². The van der Waals surface area contributed by atoms with Gasteiger partial charge >= 0.3 is 39.5 Å². The van der Waals surface area contributed by atoms with Crippen molar-refractivity contribution >= 4 is 39.5 Å². The molecule has 17 nitrogen and oxygen atoms in total. The number of carbonyl (C=O) groups is 4. The minimum Gasteiger partial charge on any atom is -0.462 e. The van der Waals surface area contributed by atoms with Gasteiger partial charge in [-0.05, 0) is 37.5 Å². The fourth-order valence-corrected chi connectivity index (χ4v) is 15.3. The van der Waals surface area contributed by atoms with Gasteiger partial charge in [0.1, 0.15) is 19.3 Å². The van der Waals surface area contributed by atoms with Gasteiger partial charge in [-0.2, -0.15) is 0 Å². The molecule has 0 aliphatic carbocycles. The van der Waals surface area contributed by atoms with Gasteiger partial charge in [0.2, 0.25) is 0 Å². The molecule has 3 unspecified atom stereocenters. The number of esters is 4. The van der Waals surface area contributed by atoms with Crippen LogP contribution in [0.25, 0.3) is 0 Å². The average molecular weight is 1560 g/mol. The summed E-state index contributed by atoms with van der Waals surface area (Å²) in [6, 6.07) is 0. The third-order valence-electron chi connectivity index (χ3n) is 21.1. The first-order valence-electron chi connectivity index (χ1n) is 45.5. The summed E-state index contributed by atoms with van der Waals surface area (Å²) in [5, 5.41) is 10.7. The molecule has 0 bridgehead atoms. The Morgan fingerprint density at radius 1 is 0.271 bits per heavy atom. The number of carbonyl (C=O) groups excluding carboxylic acids is 4. The zero-order valence-corrected chi connectivity index (χ0v) is 72.2. The smallest absolute Gasteiger partial charge is 0.462 e. The minimum absolute atomic E-state index is 0.109. The van der Waals surface area contributed by atoms with Gasteiger partial charge in [-0.3, -0.25) is 37.3 Å². The van der Waals surface area contributed by atoms with E-state index in [0.717, 1.165) is 102 Å². The lowest BCUT2D eigenvalue weighted by atomic mass is 9.99. The van der Waals surface area contributed by atoms with Crippen LogP contribution in [-0.2, 0) is 65.4 Å². The predicted molar refractivity (Wildman–Crippen MR) is 442 cm³/mol. The molecular formula is C88H172O17P2. The van der Waals surface area contributed by atoms with Crippen molar-refractivity contribution in [2.45, 2.75) is 490 Å². The van der Waals surface area contributed by atoms with Crippen LogP contribution in [0.2, 0.25) is 0 Å². The Morgan fingerprint density at radius 3 is 0.710 bits per heavy atom. The maximum absolute atomic E-state index is 13.2. The van der Waals surface area contributed by atoms with Crippen LogP contribution in [0.4, 0.5) is 0 Å². The molecule has 636 valence electrons. The first kappa shape index (κ1) is 105. The fourth-order valence-electron chi connectivity index (χ4n) is 13.7. The topological polar surface area (TPSA) is 237 Å². The summed E-state index contributed by atoms with van der Waals surface area (Å²) in [5.41, 5.74) is 0. The molecule has 0 aliphatic heterocycles. The number of hydrogen-bond donors (Lipinski definition) is 3. The van der Waals surface area contributed by atoms with E-state index in [9.17, 15) is 43.2 Å². The molecule has 0 radical (unpaired) electrons. The van der Waals surface area contributed by atoms with Crippen molar-refractivity contribution in [1.82, 2.24) is 0 Å². The quantitative estimate of drug-likeness (QED) is 0.0222. The monoisotopic (exact) mass is 1560 g/mol. The Hall–Kier alpha value is -1.94. The van der Waals surface area contributed by atoms with Crippen LogP contribution in [0.3, 0.4) is 0 Å². The molecule has 0 saturated carbocycles. The van der Waals surface area contributed by atoms with Crippen molar-refractivity contribution < 1.29 is 80.2 Å². The number of phosphoric ester groups is 2. The summed E-state index contributed by atoms with van der Waals surface area (Å²) in [5.74, 6) is -0.428. The molecule has 6 atom stereocenters. The molecule has 0 aliphatic rings. The number of aliphatic hydroxyl groups is 1. The normalized spacial score (nSPS) is 14.0. The number of hydrogen-bond acceptors (Lipinski definition) is 15. The summed E-state index contributed by atoms with van der Waals surface area (Å²) in [4.78, 5) is 73.3. The molecular weight excluding hydrogens is 1390 g/mol. The Kier molecular flexibility index (Phi) is 77.9. The molecule has 0 aromatic heterocycles. The van der Waals surface area contributed by atoms with Crippen LogP contribution < -0.4 is 0 Å². The average Bonchev–Trinajstić information content (AvgIpc) is 0.897. The van der Waals surface area contributed by atoms with E-state index in [1.165, 1.54) is 289 Å². The maximum Gasteiger partial charge on any atom is 0.472 e. The highest BCUT2D eigenvalue weighted by Gasteiger charge is 2.31. The number of aliphatic hydroxyl groups excluding tert-OH is 1. The highest BCUT2D eigenvalue weighted by Crippen LogP contribution is 2.45. The first-order chi connectivity index (χ1) is 51.9. The molecule has 0 rings (SSSR count). The van der Waals surface area contributed by atoms with Gasteiger partial charge in [0.15, 0.2) is 12.2 Å². The van der Waals surface area contributed by atoms with E-state index >= 15 is 0 Å².